The molecule has 3 fully saturated rings. The summed E-state index contributed by atoms with van der Waals surface area (Å²) in [5, 5.41) is 12.4. The Labute approximate surface area is 236 Å². The lowest BCUT2D eigenvalue weighted by Crippen LogP contribution is -2.42. The van der Waals surface area contributed by atoms with Gasteiger partial charge >= 0.3 is 0 Å². The molecule has 10 heteroatoms. The van der Waals surface area contributed by atoms with Crippen molar-refractivity contribution in [1.29, 1.82) is 5.26 Å². The van der Waals surface area contributed by atoms with E-state index in [2.05, 4.69) is 16.4 Å². The van der Waals surface area contributed by atoms with Crippen molar-refractivity contribution >= 4 is 11.8 Å². The van der Waals surface area contributed by atoms with Crippen molar-refractivity contribution in [3.05, 3.63) is 65.4 Å². The lowest BCUT2D eigenvalue weighted by atomic mass is 9.76. The summed E-state index contributed by atoms with van der Waals surface area (Å²) in [6.07, 6.45) is 4.25. The van der Waals surface area contributed by atoms with Crippen molar-refractivity contribution < 1.29 is 27.5 Å². The average Bonchev–Trinajstić information content (AvgIpc) is 3.64. The van der Waals surface area contributed by atoms with Gasteiger partial charge in [-0.15, -0.1) is 0 Å². The number of nitrogens with zero attached hydrogens (tertiary/aromatic N) is 3. The minimum atomic E-state index is -0.807. The molecule has 1 aliphatic heterocycles. The van der Waals surface area contributed by atoms with Gasteiger partial charge in [0.2, 0.25) is 11.8 Å². The Balaban J connectivity index is 1.37. The van der Waals surface area contributed by atoms with E-state index in [9.17, 15) is 23.6 Å². The molecule has 3 aliphatic rings. The minimum Gasteiger partial charge on any atom is -0.440 e. The monoisotopic (exact) mass is 560 g/mol. The van der Waals surface area contributed by atoms with Crippen molar-refractivity contribution in [3.63, 3.8) is 0 Å². The first-order valence-electron chi connectivity index (χ1n) is 14.0. The molecule has 3 aromatic rings. The fourth-order valence-corrected chi connectivity index (χ4v) is 5.76. The van der Waals surface area contributed by atoms with Crippen molar-refractivity contribution in [2.45, 2.75) is 50.0 Å². The summed E-state index contributed by atoms with van der Waals surface area (Å²) in [7, 11) is 0. The maximum atomic E-state index is 14.8. The van der Waals surface area contributed by atoms with Crippen LogP contribution in [0.4, 0.5) is 8.78 Å². The molecule has 1 saturated heterocycles. The number of nitrogens with one attached hydrogen (secondary N) is 1. The van der Waals surface area contributed by atoms with E-state index in [0.29, 0.717) is 74.6 Å². The van der Waals surface area contributed by atoms with E-state index < -0.39 is 23.1 Å². The van der Waals surface area contributed by atoms with Gasteiger partial charge in [-0.2, -0.15) is 5.26 Å². The van der Waals surface area contributed by atoms with Crippen molar-refractivity contribution in [3.8, 4) is 28.8 Å². The number of ether oxygens (including phenoxy) is 1. The first-order chi connectivity index (χ1) is 19.9. The zero-order valence-electron chi connectivity index (χ0n) is 22.5. The molecule has 0 spiro atoms. The van der Waals surface area contributed by atoms with Crippen LogP contribution >= 0.6 is 0 Å². The molecule has 2 unspecified atom stereocenters. The van der Waals surface area contributed by atoms with Crippen LogP contribution in [-0.2, 0) is 9.53 Å². The number of aromatic nitrogens is 1. The summed E-state index contributed by atoms with van der Waals surface area (Å²) in [5.41, 5.74) is 0.828. The highest BCUT2D eigenvalue weighted by Gasteiger charge is 2.47. The van der Waals surface area contributed by atoms with Gasteiger partial charge in [0.25, 0.3) is 5.91 Å². The third-order valence-electron chi connectivity index (χ3n) is 8.28. The Kier molecular flexibility index (Phi) is 7.30. The van der Waals surface area contributed by atoms with E-state index in [0.717, 1.165) is 25.0 Å². The van der Waals surface area contributed by atoms with Crippen LogP contribution < -0.4 is 5.32 Å². The number of benzene rings is 2. The second kappa shape index (κ2) is 11.1. The Bertz CT molecular complexity index is 1500. The first kappa shape index (κ1) is 27.1. The zero-order valence-corrected chi connectivity index (χ0v) is 22.5. The Morgan fingerprint density at radius 3 is 2.46 bits per heavy atom. The van der Waals surface area contributed by atoms with Gasteiger partial charge in [0.05, 0.1) is 24.8 Å². The molecule has 2 saturated carbocycles. The van der Waals surface area contributed by atoms with Gasteiger partial charge in [0, 0.05) is 42.1 Å². The Morgan fingerprint density at radius 2 is 1.78 bits per heavy atom. The molecule has 41 heavy (non-hydrogen) atoms. The summed E-state index contributed by atoms with van der Waals surface area (Å²) in [6.45, 7) is 2.05. The van der Waals surface area contributed by atoms with Gasteiger partial charge in [0.15, 0.2) is 0 Å². The lowest BCUT2D eigenvalue weighted by Gasteiger charge is -2.30. The molecule has 2 aromatic carbocycles. The zero-order chi connectivity index (χ0) is 28.6. The quantitative estimate of drug-likeness (QED) is 0.444. The SMILES string of the molecule is N#CC1(NC(=O)C2CCCCC2c2oc(-c3ccc(F)cc3F)nc2-c2ccc(C(=O)N3CCOCC3)cc2)CC1. The number of morpholine rings is 1. The van der Waals surface area contributed by atoms with E-state index in [1.807, 2.05) is 0 Å². The number of hydrogen-bond donors (Lipinski definition) is 1. The molecule has 1 N–H and O–H groups in total. The van der Waals surface area contributed by atoms with Crippen molar-refractivity contribution in [1.82, 2.24) is 15.2 Å². The third-order valence-corrected chi connectivity index (χ3v) is 8.28. The number of carbonyl (C=O) groups is 2. The molecule has 212 valence electrons. The van der Waals surface area contributed by atoms with Gasteiger partial charge < -0.3 is 19.4 Å². The Hall–Kier alpha value is -4.10. The summed E-state index contributed by atoms with van der Waals surface area (Å²) in [6, 6.07) is 12.4. The molecule has 1 aromatic heterocycles. The number of halogens is 2. The van der Waals surface area contributed by atoms with Crippen molar-refractivity contribution in [2.75, 3.05) is 26.3 Å². The number of rotatable bonds is 6. The maximum Gasteiger partial charge on any atom is 0.254 e. The predicted octanol–water partition coefficient (Wildman–Crippen LogP) is 5.21. The fraction of sp³-hybridized carbons (Fsp3) is 0.419. The third kappa shape index (κ3) is 5.46. The number of carbonyl (C=O) groups excluding carboxylic acids is 2. The van der Waals surface area contributed by atoms with E-state index in [-0.39, 0.29) is 29.2 Å². The lowest BCUT2D eigenvalue weighted by molar-refractivity contribution is -0.127. The van der Waals surface area contributed by atoms with Crippen LogP contribution in [-0.4, -0.2) is 53.5 Å². The maximum absolute atomic E-state index is 14.8. The number of hydrogen-bond acceptors (Lipinski definition) is 6. The summed E-state index contributed by atoms with van der Waals surface area (Å²) in [4.78, 5) is 32.8. The molecule has 2 heterocycles. The van der Waals surface area contributed by atoms with Gasteiger partial charge in [-0.1, -0.05) is 25.0 Å². The molecule has 8 nitrogen and oxygen atoms in total. The van der Waals surface area contributed by atoms with Gasteiger partial charge in [-0.05, 0) is 49.9 Å². The van der Waals surface area contributed by atoms with Crippen LogP contribution in [0.25, 0.3) is 22.7 Å². The molecule has 2 aliphatic carbocycles. The first-order valence-corrected chi connectivity index (χ1v) is 14.0. The van der Waals surface area contributed by atoms with Crippen LogP contribution in [0, 0.1) is 28.9 Å². The van der Waals surface area contributed by atoms with E-state index in [4.69, 9.17) is 9.15 Å². The van der Waals surface area contributed by atoms with Crippen LogP contribution in [0.3, 0.4) is 0 Å². The average molecular weight is 561 g/mol. The predicted molar refractivity (Wildman–Crippen MR) is 144 cm³/mol. The van der Waals surface area contributed by atoms with Crippen LogP contribution in [0.1, 0.15) is 60.6 Å². The highest BCUT2D eigenvalue weighted by atomic mass is 19.1. The van der Waals surface area contributed by atoms with E-state index in [1.165, 1.54) is 6.07 Å². The largest absolute Gasteiger partial charge is 0.440 e. The molecule has 2 atom stereocenters. The van der Waals surface area contributed by atoms with E-state index in [1.54, 1.807) is 29.2 Å². The molecule has 0 radical (unpaired) electrons. The number of oxazole rings is 1. The Morgan fingerprint density at radius 1 is 1.05 bits per heavy atom. The van der Waals surface area contributed by atoms with Gasteiger partial charge in [0.1, 0.15) is 28.6 Å². The highest BCUT2D eigenvalue weighted by Crippen LogP contribution is 2.45. The highest BCUT2D eigenvalue weighted by molar-refractivity contribution is 5.94. The second-order valence-corrected chi connectivity index (χ2v) is 11.0. The van der Waals surface area contributed by atoms with Gasteiger partial charge in [-0.25, -0.2) is 13.8 Å². The molecule has 0 bridgehead atoms. The smallest absolute Gasteiger partial charge is 0.254 e. The normalized spacial score (nSPS) is 21.6. The van der Waals surface area contributed by atoms with Crippen LogP contribution in [0.15, 0.2) is 46.9 Å². The molecule has 2 amide bonds. The number of nitriles is 1. The fourth-order valence-electron chi connectivity index (χ4n) is 5.76. The summed E-state index contributed by atoms with van der Waals surface area (Å²) in [5.74, 6) is -2.18. The summed E-state index contributed by atoms with van der Waals surface area (Å²) < 4.78 is 40.0. The number of amides is 2. The van der Waals surface area contributed by atoms with Crippen molar-refractivity contribution in [2.24, 2.45) is 5.92 Å². The van der Waals surface area contributed by atoms with E-state index >= 15 is 0 Å². The summed E-state index contributed by atoms with van der Waals surface area (Å²) >= 11 is 0. The molecular weight excluding hydrogens is 530 g/mol. The molecule has 6 rings (SSSR count). The van der Waals surface area contributed by atoms with Crippen LogP contribution in [0.5, 0.6) is 0 Å². The topological polar surface area (TPSA) is 108 Å². The molecular formula is C31H30F2N4O4. The van der Waals surface area contributed by atoms with Crippen LogP contribution in [0.2, 0.25) is 0 Å². The minimum absolute atomic E-state index is 0.0104. The standard InChI is InChI=1S/C31H30F2N4O4/c32-21-9-10-24(25(33)17-21)29-35-26(19-5-7-20(8-6-19)30(39)37-13-15-40-16-14-37)27(41-29)22-3-1-2-4-23(22)28(38)36-31(18-34)11-12-31/h5-10,17,22-23H,1-4,11-16H2,(H,36,38). The van der Waals surface area contributed by atoms with Gasteiger partial charge in [-0.3, -0.25) is 9.59 Å². The second-order valence-electron chi connectivity index (χ2n) is 11.0.